The Morgan fingerprint density at radius 2 is 2.14 bits per heavy atom. The summed E-state index contributed by atoms with van der Waals surface area (Å²) in [5.41, 5.74) is 4.61. The van der Waals surface area contributed by atoms with Gasteiger partial charge in [0, 0.05) is 0 Å². The lowest BCUT2D eigenvalue weighted by atomic mass is 9.98. The Hall–Kier alpha value is -1.65. The van der Waals surface area contributed by atoms with E-state index in [4.69, 9.17) is 28.8 Å². The quantitative estimate of drug-likeness (QED) is 0.735. The second-order valence-electron chi connectivity index (χ2n) is 7.65. The van der Waals surface area contributed by atoms with Crippen molar-refractivity contribution < 1.29 is 27.4 Å². The second kappa shape index (κ2) is 7.24. The molecule has 2 saturated heterocycles. The summed E-state index contributed by atoms with van der Waals surface area (Å²) in [6.07, 6.45) is 3.37. The number of alkyl halides is 1. The summed E-state index contributed by atoms with van der Waals surface area (Å²) in [7, 11) is -0.151. The van der Waals surface area contributed by atoms with Crippen LogP contribution in [-0.2, 0) is 18.3 Å². The van der Waals surface area contributed by atoms with Crippen LogP contribution in [-0.4, -0.2) is 57.2 Å². The monoisotopic (exact) mass is 427 g/mol. The number of fused-ring (bicyclic) bond motifs is 2. The van der Waals surface area contributed by atoms with E-state index in [1.807, 2.05) is 0 Å². The van der Waals surface area contributed by atoms with Gasteiger partial charge in [-0.15, -0.1) is 0 Å². The maximum atomic E-state index is 16.0. The van der Waals surface area contributed by atoms with Crippen LogP contribution in [0.5, 0.6) is 5.88 Å². The fourth-order valence-electron chi connectivity index (χ4n) is 4.16. The predicted octanol–water partition coefficient (Wildman–Crippen LogP) is 2.64. The number of aromatic nitrogens is 4. The molecular weight excluding hydrogens is 404 g/mol. The highest BCUT2D eigenvalue weighted by Crippen LogP contribution is 2.56. The van der Waals surface area contributed by atoms with Crippen molar-refractivity contribution in [2.24, 2.45) is 0 Å². The smallest absolute Gasteiger partial charge is 0.333 e. The minimum absolute atomic E-state index is 0.000132. The van der Waals surface area contributed by atoms with E-state index in [0.29, 0.717) is 11.2 Å². The zero-order chi connectivity index (χ0) is 20.2. The zero-order valence-electron chi connectivity index (χ0n) is 16.2. The number of anilines is 1. The van der Waals surface area contributed by atoms with Crippen molar-refractivity contribution in [2.75, 3.05) is 19.5 Å². The molecule has 12 heteroatoms. The second-order valence-corrected chi connectivity index (χ2v) is 8.78. The van der Waals surface area contributed by atoms with Crippen LogP contribution in [0.25, 0.3) is 11.2 Å². The van der Waals surface area contributed by atoms with Crippen LogP contribution in [0.15, 0.2) is 6.33 Å². The lowest BCUT2D eigenvalue weighted by molar-refractivity contribution is -0.0642. The average Bonchev–Trinajstić information content (AvgIpc) is 3.40. The highest BCUT2D eigenvalue weighted by molar-refractivity contribution is 7.41. The highest BCUT2D eigenvalue weighted by Gasteiger charge is 2.60. The van der Waals surface area contributed by atoms with Gasteiger partial charge in [0.1, 0.15) is 12.2 Å². The normalized spacial score (nSPS) is 35.3. The van der Waals surface area contributed by atoms with E-state index in [-0.39, 0.29) is 24.5 Å². The number of hydrogen-bond donors (Lipinski definition) is 1. The van der Waals surface area contributed by atoms with Gasteiger partial charge in [0.25, 0.3) is 0 Å². The van der Waals surface area contributed by atoms with Crippen molar-refractivity contribution in [2.45, 2.75) is 62.8 Å². The van der Waals surface area contributed by atoms with Crippen LogP contribution in [0.1, 0.15) is 38.8 Å². The molecule has 0 amide bonds. The summed E-state index contributed by atoms with van der Waals surface area (Å²) in [4.78, 5) is 12.5. The predicted molar refractivity (Wildman–Crippen MR) is 101 cm³/mol. The van der Waals surface area contributed by atoms with Crippen molar-refractivity contribution >= 4 is 25.7 Å². The molecule has 158 valence electrons. The molecule has 4 heterocycles. The minimum Gasteiger partial charge on any atom is -0.479 e. The largest absolute Gasteiger partial charge is 0.479 e. The molecule has 29 heavy (non-hydrogen) atoms. The topological polar surface area (TPSA) is 116 Å². The Balaban J connectivity index is 1.41. The number of rotatable bonds is 4. The first-order chi connectivity index (χ1) is 14.0. The highest BCUT2D eigenvalue weighted by atomic mass is 31.2. The molecule has 3 fully saturated rings. The van der Waals surface area contributed by atoms with Gasteiger partial charge >= 0.3 is 8.60 Å². The van der Waals surface area contributed by atoms with Crippen molar-refractivity contribution in [1.82, 2.24) is 19.5 Å². The summed E-state index contributed by atoms with van der Waals surface area (Å²) >= 11 is 0. The molecular formula is C17H23FN5O5P. The van der Waals surface area contributed by atoms with E-state index in [1.54, 1.807) is 0 Å². The molecule has 0 bridgehead atoms. The lowest BCUT2D eigenvalue weighted by Gasteiger charge is -2.34. The zero-order valence-corrected chi connectivity index (χ0v) is 17.0. The Bertz CT molecular complexity index is 908. The molecule has 2 aromatic heterocycles. The number of nitrogens with zero attached hydrogens (tertiary/aromatic N) is 4. The number of ether oxygens (including phenoxy) is 2. The van der Waals surface area contributed by atoms with Gasteiger partial charge in [0.05, 0.1) is 26.1 Å². The first-order valence-corrected chi connectivity index (χ1v) is 10.7. The molecule has 0 spiro atoms. The van der Waals surface area contributed by atoms with E-state index in [1.165, 1.54) is 24.9 Å². The third-order valence-corrected chi connectivity index (χ3v) is 6.84. The first kappa shape index (κ1) is 19.3. The summed E-state index contributed by atoms with van der Waals surface area (Å²) in [5.74, 6) is 0.218. The van der Waals surface area contributed by atoms with E-state index in [0.717, 1.165) is 25.7 Å². The SMILES string of the molecule is COc1nc(N)nc2c1ncn2[C@@H]1O[C@@H]2CO[P@](OC3CCCC3)O[C@H]2[C@@]1(C)F. The first-order valence-electron chi connectivity index (χ1n) is 9.62. The molecule has 1 saturated carbocycles. The number of nitrogens with two attached hydrogens (primary N) is 1. The van der Waals surface area contributed by atoms with Crippen molar-refractivity contribution in [3.8, 4) is 5.88 Å². The van der Waals surface area contributed by atoms with Gasteiger partial charge in [0.15, 0.2) is 23.1 Å². The number of hydrogen-bond acceptors (Lipinski definition) is 9. The van der Waals surface area contributed by atoms with Gasteiger partial charge in [-0.05, 0) is 19.8 Å². The van der Waals surface area contributed by atoms with Crippen molar-refractivity contribution in [3.05, 3.63) is 6.33 Å². The Kier molecular flexibility index (Phi) is 4.83. The van der Waals surface area contributed by atoms with Crippen LogP contribution in [0.4, 0.5) is 10.3 Å². The van der Waals surface area contributed by atoms with Crippen LogP contribution < -0.4 is 10.5 Å². The lowest BCUT2D eigenvalue weighted by Crippen LogP contribution is -2.44. The molecule has 5 atom stereocenters. The number of nitrogen functional groups attached to an aromatic ring is 1. The summed E-state index contributed by atoms with van der Waals surface area (Å²) in [5, 5.41) is 0. The molecule has 0 unspecified atom stereocenters. The Labute approximate surface area is 167 Å². The van der Waals surface area contributed by atoms with Crippen LogP contribution in [0.3, 0.4) is 0 Å². The molecule has 2 aromatic rings. The van der Waals surface area contributed by atoms with E-state index in [9.17, 15) is 0 Å². The maximum Gasteiger partial charge on any atom is 0.333 e. The van der Waals surface area contributed by atoms with Crippen molar-refractivity contribution in [3.63, 3.8) is 0 Å². The van der Waals surface area contributed by atoms with Crippen LogP contribution in [0.2, 0.25) is 0 Å². The fourth-order valence-corrected chi connectivity index (χ4v) is 5.58. The molecule has 0 radical (unpaired) electrons. The van der Waals surface area contributed by atoms with Crippen LogP contribution >= 0.6 is 8.60 Å². The standard InChI is InChI=1S/C17H23FN5O5P/c1-17(18)12-10(7-25-29(28-12)27-9-5-3-4-6-9)26-15(17)23-8-20-11-13(23)21-16(19)22-14(11)24-2/h8-10,12,15H,3-7H2,1-2H3,(H2,19,21,22)/t10-,12-,15-,17-,29-/m1/s1. The van der Waals surface area contributed by atoms with Crippen molar-refractivity contribution in [1.29, 1.82) is 0 Å². The number of imidazole rings is 1. The molecule has 5 rings (SSSR count). The number of methoxy groups -OCH3 is 1. The average molecular weight is 427 g/mol. The Morgan fingerprint density at radius 1 is 1.34 bits per heavy atom. The Morgan fingerprint density at radius 3 is 2.90 bits per heavy atom. The van der Waals surface area contributed by atoms with Gasteiger partial charge in [-0.3, -0.25) is 4.57 Å². The number of halogens is 1. The molecule has 2 N–H and O–H groups in total. The van der Waals surface area contributed by atoms with Gasteiger partial charge in [-0.2, -0.15) is 9.97 Å². The van der Waals surface area contributed by atoms with E-state index in [2.05, 4.69) is 15.0 Å². The van der Waals surface area contributed by atoms with Gasteiger partial charge in [-0.25, -0.2) is 9.37 Å². The fraction of sp³-hybridized carbons (Fsp3) is 0.706. The van der Waals surface area contributed by atoms with Crippen LogP contribution in [0, 0.1) is 0 Å². The minimum atomic E-state index is -1.87. The van der Waals surface area contributed by atoms with Gasteiger partial charge < -0.3 is 28.8 Å². The summed E-state index contributed by atoms with van der Waals surface area (Å²) in [6, 6.07) is 0. The molecule has 0 aromatic carbocycles. The van der Waals surface area contributed by atoms with E-state index < -0.39 is 32.7 Å². The molecule has 1 aliphatic carbocycles. The third kappa shape index (κ3) is 3.25. The molecule has 10 nitrogen and oxygen atoms in total. The van der Waals surface area contributed by atoms with E-state index >= 15 is 4.39 Å². The maximum absolute atomic E-state index is 16.0. The summed E-state index contributed by atoms with van der Waals surface area (Å²) < 4.78 is 46.2. The van der Waals surface area contributed by atoms with Gasteiger partial charge in [-0.1, -0.05) is 12.8 Å². The molecule has 2 aliphatic heterocycles. The third-order valence-electron chi connectivity index (χ3n) is 5.61. The summed E-state index contributed by atoms with van der Waals surface area (Å²) in [6.45, 7) is 1.65. The van der Waals surface area contributed by atoms with Gasteiger partial charge in [0.2, 0.25) is 11.8 Å². The molecule has 3 aliphatic rings.